The van der Waals surface area contributed by atoms with Crippen LogP contribution in [0.3, 0.4) is 0 Å². The van der Waals surface area contributed by atoms with Gasteiger partial charge in [-0.25, -0.2) is 4.89 Å². The highest BCUT2D eigenvalue weighted by Crippen LogP contribution is 2.36. The van der Waals surface area contributed by atoms with Gasteiger partial charge < -0.3 is 58.6 Å². The Bertz CT molecular complexity index is 2270. The molecular weight excluding hydrogens is 1340 g/mol. The number of carbonyl (C=O) groups is 12. The van der Waals surface area contributed by atoms with Crippen molar-refractivity contribution < 1.29 is 110 Å². The topological polar surface area (TPSA) is 368 Å². The molecule has 0 rings (SSSR count). The zero-order valence-corrected chi connectivity index (χ0v) is 67.9. The first-order chi connectivity index (χ1) is 46.3. The lowest BCUT2D eigenvalue weighted by atomic mass is 9.81. The summed E-state index contributed by atoms with van der Waals surface area (Å²) in [7, 11) is 0. The van der Waals surface area contributed by atoms with Gasteiger partial charge in [0.15, 0.2) is 0 Å². The summed E-state index contributed by atoms with van der Waals surface area (Å²) >= 11 is 0. The summed E-state index contributed by atoms with van der Waals surface area (Å²) in [5, 5.41) is 9.12. The molecule has 103 heavy (non-hydrogen) atoms. The Morgan fingerprint density at radius 2 is 0.340 bits per heavy atom. The molecule has 0 saturated carbocycles. The molecule has 0 spiro atoms. The molecule has 596 valence electrons. The molecule has 0 unspecified atom stereocenters. The lowest BCUT2D eigenvalue weighted by Crippen LogP contribution is -2.51. The van der Waals surface area contributed by atoms with Crippen LogP contribution in [0.15, 0.2) is 0 Å². The highest BCUT2D eigenvalue weighted by atomic mass is 17.3. The lowest BCUT2D eigenvalue weighted by molar-refractivity contribution is -0.370. The Morgan fingerprint density at radius 1 is 0.214 bits per heavy atom. The molecule has 5 N–H and O–H groups in total. The monoisotopic (exact) mass is 1470 g/mol. The van der Waals surface area contributed by atoms with Crippen molar-refractivity contribution in [3.05, 3.63) is 0 Å². The Kier molecular flexibility index (Phi) is 37.8. The van der Waals surface area contributed by atoms with E-state index in [4.69, 9.17) is 58.4 Å². The fourth-order valence-electron chi connectivity index (χ4n) is 11.0. The third kappa shape index (κ3) is 49.8. The summed E-state index contributed by atoms with van der Waals surface area (Å²) in [4.78, 5) is 178. The van der Waals surface area contributed by atoms with Gasteiger partial charge in [0, 0.05) is 93.7 Å². The van der Waals surface area contributed by atoms with Crippen molar-refractivity contribution in [1.29, 1.82) is 0 Å². The summed E-state index contributed by atoms with van der Waals surface area (Å²) in [5.41, 5.74) is -14.7. The van der Waals surface area contributed by atoms with E-state index in [9.17, 15) is 43.2 Å². The summed E-state index contributed by atoms with van der Waals surface area (Å²) in [6.07, 6.45) is -6.72. The van der Waals surface area contributed by atoms with Crippen LogP contribution in [0, 0.1) is 0 Å². The van der Waals surface area contributed by atoms with Crippen LogP contribution in [0.4, 0.5) is 0 Å². The molecule has 0 aliphatic carbocycles. The number of nitrogens with two attached hydrogens (primary N) is 1. The van der Waals surface area contributed by atoms with Crippen molar-refractivity contribution in [1.82, 2.24) is 16.0 Å². The largest absolute Gasteiger partial charge is 0.460 e. The first-order valence-corrected chi connectivity index (χ1v) is 36.2. The van der Waals surface area contributed by atoms with Gasteiger partial charge in [-0.15, -0.1) is 4.99 Å². The summed E-state index contributed by atoms with van der Waals surface area (Å²) in [6, 6.07) is 0. The van der Waals surface area contributed by atoms with Crippen molar-refractivity contribution in [2.45, 2.75) is 414 Å². The number of hydrogen-bond donors (Lipinski definition) is 4. The molecular formula is C76H134N4O23. The SMILES string of the molecule is CC(C)(C)OC(=O)CCC(CCC(=O)OC(C)(C)C)(CCC(=O)OC(C)(C)C)NC(=O)CCC(CCC(=O)NC(CCC(=O)OC(C)(C)C)(CCC(=O)OC(C)(C)C)CCC(=O)OC(C)(C)C)(CCC(=O)NC(CCC(=O)OC(C)(C)C)(CCC(=O)OC(C)(C)C)CCC(=O)OC(C)(C)C)OON. The molecule has 0 aromatic carbocycles. The molecule has 27 heteroatoms. The molecule has 0 radical (unpaired) electrons. The van der Waals surface area contributed by atoms with Gasteiger partial charge in [-0.2, -0.15) is 5.90 Å². The highest BCUT2D eigenvalue weighted by molar-refractivity contribution is 5.81. The minimum atomic E-state index is -1.91. The van der Waals surface area contributed by atoms with Crippen molar-refractivity contribution >= 4 is 71.4 Å². The van der Waals surface area contributed by atoms with Crippen molar-refractivity contribution in [3.63, 3.8) is 0 Å². The van der Waals surface area contributed by atoms with E-state index < -0.39 is 183 Å². The van der Waals surface area contributed by atoms with Crippen LogP contribution in [0.5, 0.6) is 0 Å². The number of esters is 9. The van der Waals surface area contributed by atoms with Crippen molar-refractivity contribution in [2.24, 2.45) is 5.90 Å². The predicted molar refractivity (Wildman–Crippen MR) is 385 cm³/mol. The summed E-state index contributed by atoms with van der Waals surface area (Å²) in [6.45, 7) is 45.5. The van der Waals surface area contributed by atoms with Crippen molar-refractivity contribution in [3.8, 4) is 0 Å². The lowest BCUT2D eigenvalue weighted by Gasteiger charge is -2.38. The Labute approximate surface area is 614 Å². The van der Waals surface area contributed by atoms with Gasteiger partial charge in [0.1, 0.15) is 56.0 Å². The zero-order chi connectivity index (χ0) is 80.3. The Balaban J connectivity index is 8.71. The van der Waals surface area contributed by atoms with E-state index in [0.29, 0.717) is 0 Å². The minimum absolute atomic E-state index is 0.151. The minimum Gasteiger partial charge on any atom is -0.460 e. The molecule has 0 heterocycles. The molecule has 0 atom stereocenters. The van der Waals surface area contributed by atoms with Gasteiger partial charge >= 0.3 is 53.7 Å². The summed E-state index contributed by atoms with van der Waals surface area (Å²) < 4.78 is 51.1. The van der Waals surface area contributed by atoms with E-state index in [2.05, 4.69) is 16.0 Å². The van der Waals surface area contributed by atoms with E-state index >= 15 is 14.4 Å². The molecule has 27 nitrogen and oxygen atoms in total. The molecule has 0 saturated heterocycles. The maximum Gasteiger partial charge on any atom is 0.306 e. The molecule has 3 amide bonds. The van der Waals surface area contributed by atoms with Gasteiger partial charge in [0.05, 0.1) is 0 Å². The fraction of sp³-hybridized carbons (Fsp3) is 0.842. The van der Waals surface area contributed by atoms with Gasteiger partial charge in [0.25, 0.3) is 0 Å². The molecule has 0 bridgehead atoms. The normalized spacial score (nSPS) is 13.2. The fourth-order valence-corrected chi connectivity index (χ4v) is 11.0. The standard InChI is InChI=1S/C76H134N4O23/c1-64(2,3)93-55(84)31-40-73(41-32-56(85)94-65(4,5)6,42-33-57(86)95-66(7,8)9)78-52(81)28-49-76(102-103-77,50-29-53(82)79-74(43-34-58(87)96-67(10,11)12,44-35-59(88)97-68(13,14)15)45-36-60(89)98-69(16,17)18)51-30-54(83)80-75(46-37-61(90)99-70(19,20)21,47-38-62(91)100-71(22,23)24)48-39-63(92)101-72(25,26)27/h28-51,77H2,1-27H3,(H,78,81)(H,79,82)(H,80,83). The molecule has 0 aromatic heterocycles. The molecule has 0 aromatic rings. The van der Waals surface area contributed by atoms with Gasteiger partial charge in [-0.1, -0.05) is 0 Å². The average Bonchev–Trinajstić information content (AvgIpc) is 0.836. The Hall–Kier alpha value is -6.48. The molecule has 0 aliphatic heterocycles. The Morgan fingerprint density at radius 3 is 0.447 bits per heavy atom. The van der Waals surface area contributed by atoms with Crippen LogP contribution in [0.25, 0.3) is 0 Å². The van der Waals surface area contributed by atoms with Crippen LogP contribution < -0.4 is 21.8 Å². The number of nitrogens with one attached hydrogen (secondary N) is 3. The second-order valence-electron chi connectivity index (χ2n) is 36.1. The van der Waals surface area contributed by atoms with E-state index in [1.165, 1.54) is 0 Å². The van der Waals surface area contributed by atoms with Crippen LogP contribution in [-0.4, -0.2) is 144 Å². The maximum atomic E-state index is 15.1. The zero-order valence-electron chi connectivity index (χ0n) is 67.9. The van der Waals surface area contributed by atoms with E-state index in [1.54, 1.807) is 187 Å². The quantitative estimate of drug-likeness (QED) is 0.0191. The van der Waals surface area contributed by atoms with Crippen molar-refractivity contribution in [2.75, 3.05) is 0 Å². The predicted octanol–water partition coefficient (Wildman–Crippen LogP) is 12.5. The summed E-state index contributed by atoms with van der Waals surface area (Å²) in [5.74, 6) is -2.14. The first-order valence-electron chi connectivity index (χ1n) is 36.2. The van der Waals surface area contributed by atoms with Gasteiger partial charge in [-0.3, -0.25) is 57.5 Å². The number of carbonyl (C=O) groups excluding carboxylic acids is 12. The van der Waals surface area contributed by atoms with E-state index in [0.717, 1.165) is 0 Å². The molecule has 0 aliphatic rings. The third-order valence-corrected chi connectivity index (χ3v) is 14.9. The third-order valence-electron chi connectivity index (χ3n) is 14.9. The average molecular weight is 1470 g/mol. The smallest absolute Gasteiger partial charge is 0.306 e. The number of amides is 3. The van der Waals surface area contributed by atoms with E-state index in [1.807, 2.05) is 0 Å². The van der Waals surface area contributed by atoms with Crippen LogP contribution >= 0.6 is 0 Å². The second-order valence-corrected chi connectivity index (χ2v) is 36.1. The van der Waals surface area contributed by atoms with E-state index in [-0.39, 0.29) is 116 Å². The van der Waals surface area contributed by atoms with Gasteiger partial charge in [0.2, 0.25) is 17.7 Å². The number of hydrogen-bond acceptors (Lipinski definition) is 24. The van der Waals surface area contributed by atoms with Gasteiger partial charge in [-0.05, 0) is 264 Å². The first kappa shape index (κ1) is 96.5. The second kappa shape index (κ2) is 40.3. The highest BCUT2D eigenvalue weighted by Gasteiger charge is 2.43. The maximum absolute atomic E-state index is 15.1. The van der Waals surface area contributed by atoms with Crippen LogP contribution in [0.2, 0.25) is 0 Å². The molecule has 0 fully saturated rings. The van der Waals surface area contributed by atoms with Crippen LogP contribution in [-0.2, 0) is 110 Å². The number of ether oxygens (including phenoxy) is 9. The number of rotatable bonds is 41. The van der Waals surface area contributed by atoms with Crippen LogP contribution in [0.1, 0.15) is 341 Å².